The van der Waals surface area contributed by atoms with E-state index in [-0.39, 0.29) is 22.3 Å². The molecule has 3 aromatic rings. The van der Waals surface area contributed by atoms with Gasteiger partial charge in [-0.2, -0.15) is 0 Å². The molecule has 1 saturated carbocycles. The van der Waals surface area contributed by atoms with Gasteiger partial charge >= 0.3 is 5.97 Å². The van der Waals surface area contributed by atoms with Gasteiger partial charge in [0.1, 0.15) is 11.2 Å². The van der Waals surface area contributed by atoms with Gasteiger partial charge in [-0.05, 0) is 54.7 Å². The van der Waals surface area contributed by atoms with Crippen molar-refractivity contribution in [1.29, 1.82) is 0 Å². The Hall–Kier alpha value is -2.66. The third-order valence-corrected chi connectivity index (χ3v) is 5.13. The summed E-state index contributed by atoms with van der Waals surface area (Å²) < 4.78 is 5.81. The van der Waals surface area contributed by atoms with Gasteiger partial charge in [-0.15, -0.1) is 0 Å². The summed E-state index contributed by atoms with van der Waals surface area (Å²) in [5, 5.41) is 20.3. The molecular formula is C20H18O5. The Morgan fingerprint density at radius 1 is 1.04 bits per heavy atom. The number of hydrogen-bond donors (Lipinski definition) is 2. The van der Waals surface area contributed by atoms with Crippen LogP contribution in [-0.4, -0.2) is 16.2 Å². The molecule has 0 saturated heterocycles. The number of carbonyl (C=O) groups is 1. The van der Waals surface area contributed by atoms with E-state index in [4.69, 9.17) is 9.52 Å². The molecule has 1 aliphatic rings. The van der Waals surface area contributed by atoms with Crippen LogP contribution in [0.3, 0.4) is 0 Å². The molecule has 2 N–H and O–H groups in total. The number of carboxylic acid groups (broad SMARTS) is 1. The lowest BCUT2D eigenvalue weighted by Gasteiger charge is -2.18. The third-order valence-electron chi connectivity index (χ3n) is 5.13. The first kappa shape index (κ1) is 15.8. The molecule has 1 aliphatic carbocycles. The van der Waals surface area contributed by atoms with E-state index >= 15 is 0 Å². The van der Waals surface area contributed by atoms with Crippen molar-refractivity contribution in [2.75, 3.05) is 0 Å². The molecule has 4 rings (SSSR count). The van der Waals surface area contributed by atoms with E-state index in [1.165, 1.54) is 18.2 Å². The summed E-state index contributed by atoms with van der Waals surface area (Å²) in [6, 6.07) is 9.39. The predicted octanol–water partition coefficient (Wildman–Crippen LogP) is 3.87. The van der Waals surface area contributed by atoms with Crippen molar-refractivity contribution in [3.8, 4) is 0 Å². The average Bonchev–Trinajstić information content (AvgIpc) is 3.15. The van der Waals surface area contributed by atoms with Crippen molar-refractivity contribution < 1.29 is 19.4 Å². The van der Waals surface area contributed by atoms with Crippen molar-refractivity contribution in [2.24, 2.45) is 5.92 Å². The Bertz CT molecular complexity index is 1030. The molecule has 0 radical (unpaired) electrons. The van der Waals surface area contributed by atoms with Crippen LogP contribution in [0.25, 0.3) is 21.9 Å². The van der Waals surface area contributed by atoms with Crippen LogP contribution >= 0.6 is 0 Å². The highest BCUT2D eigenvalue weighted by molar-refractivity contribution is 5.96. The first-order valence-electron chi connectivity index (χ1n) is 8.46. The Morgan fingerprint density at radius 2 is 1.80 bits per heavy atom. The largest absolute Gasteiger partial charge is 0.478 e. The average molecular weight is 338 g/mol. The second-order valence-corrected chi connectivity index (χ2v) is 6.69. The number of hydrogen-bond acceptors (Lipinski definition) is 4. The minimum atomic E-state index is -1.09. The molecule has 1 aromatic heterocycles. The minimum Gasteiger partial charge on any atom is -0.478 e. The number of aliphatic hydroxyl groups excluding tert-OH is 1. The maximum atomic E-state index is 12.7. The Balaban J connectivity index is 1.85. The smallest absolute Gasteiger partial charge is 0.335 e. The number of benzene rings is 2. The van der Waals surface area contributed by atoms with Gasteiger partial charge in [-0.25, -0.2) is 4.79 Å². The van der Waals surface area contributed by atoms with Crippen molar-refractivity contribution >= 4 is 27.9 Å². The van der Waals surface area contributed by atoms with Gasteiger partial charge in [0.15, 0.2) is 0 Å². The zero-order valence-corrected chi connectivity index (χ0v) is 13.6. The second-order valence-electron chi connectivity index (χ2n) is 6.69. The van der Waals surface area contributed by atoms with Gasteiger partial charge in [0.05, 0.1) is 22.4 Å². The van der Waals surface area contributed by atoms with Gasteiger partial charge < -0.3 is 14.6 Å². The Labute approximate surface area is 143 Å². The zero-order valence-electron chi connectivity index (χ0n) is 13.6. The molecule has 1 atom stereocenters. The maximum Gasteiger partial charge on any atom is 0.335 e. The Morgan fingerprint density at radius 3 is 2.52 bits per heavy atom. The van der Waals surface area contributed by atoms with Crippen LogP contribution in [0.4, 0.5) is 0 Å². The second kappa shape index (κ2) is 6.01. The molecule has 0 aliphatic heterocycles. The fourth-order valence-electron chi connectivity index (χ4n) is 3.73. The van der Waals surface area contributed by atoms with Crippen LogP contribution in [-0.2, 0) is 0 Å². The molecule has 1 fully saturated rings. The molecule has 2 aromatic carbocycles. The summed E-state index contributed by atoms with van der Waals surface area (Å²) in [5.41, 5.74) is 1.29. The summed E-state index contributed by atoms with van der Waals surface area (Å²) in [6.45, 7) is 0. The van der Waals surface area contributed by atoms with Crippen LogP contribution < -0.4 is 5.43 Å². The summed E-state index contributed by atoms with van der Waals surface area (Å²) in [6.07, 6.45) is 3.75. The third kappa shape index (κ3) is 2.70. The number of carboxylic acids is 1. The van der Waals surface area contributed by atoms with Gasteiger partial charge in [0, 0.05) is 0 Å². The Kier molecular flexibility index (Phi) is 3.81. The number of fused-ring (bicyclic) bond motifs is 2. The van der Waals surface area contributed by atoms with Crippen LogP contribution in [0.5, 0.6) is 0 Å². The normalized spacial score (nSPS) is 16.5. The van der Waals surface area contributed by atoms with E-state index in [1.807, 2.05) is 0 Å². The lowest BCUT2D eigenvalue weighted by atomic mass is 9.94. The van der Waals surface area contributed by atoms with Crippen molar-refractivity contribution in [3.63, 3.8) is 0 Å². The standard InChI is InChI=1S/C20H18O5/c21-18(11-3-1-2-4-11)12-5-7-14-17(10-12)25-16-8-6-13(20(23)24)9-15(16)19(14)22/h5-11,18,21H,1-4H2,(H,23,24). The summed E-state index contributed by atoms with van der Waals surface area (Å²) in [4.78, 5) is 23.8. The fraction of sp³-hybridized carbons (Fsp3) is 0.300. The van der Waals surface area contributed by atoms with Crippen molar-refractivity contribution in [2.45, 2.75) is 31.8 Å². The summed E-state index contributed by atoms with van der Waals surface area (Å²) in [7, 11) is 0. The van der Waals surface area contributed by atoms with Crippen LogP contribution in [0.2, 0.25) is 0 Å². The molecule has 1 unspecified atom stereocenters. The quantitative estimate of drug-likeness (QED) is 0.708. The van der Waals surface area contributed by atoms with E-state index < -0.39 is 12.1 Å². The molecular weight excluding hydrogens is 320 g/mol. The number of aromatic carboxylic acids is 1. The van der Waals surface area contributed by atoms with E-state index in [0.29, 0.717) is 16.6 Å². The lowest BCUT2D eigenvalue weighted by molar-refractivity contribution is 0.0697. The molecule has 5 nitrogen and oxygen atoms in total. The molecule has 0 amide bonds. The van der Waals surface area contributed by atoms with Crippen LogP contribution in [0, 0.1) is 5.92 Å². The highest BCUT2D eigenvalue weighted by Gasteiger charge is 2.25. The van der Waals surface area contributed by atoms with Gasteiger partial charge in [0.25, 0.3) is 0 Å². The molecule has 5 heteroatoms. The van der Waals surface area contributed by atoms with Gasteiger partial charge in [0.2, 0.25) is 5.43 Å². The molecule has 0 bridgehead atoms. The molecule has 1 heterocycles. The highest BCUT2D eigenvalue weighted by atomic mass is 16.4. The molecule has 128 valence electrons. The van der Waals surface area contributed by atoms with Gasteiger partial charge in [-0.3, -0.25) is 4.79 Å². The van der Waals surface area contributed by atoms with E-state index in [1.54, 1.807) is 18.2 Å². The summed E-state index contributed by atoms with van der Waals surface area (Å²) >= 11 is 0. The van der Waals surface area contributed by atoms with Gasteiger partial charge in [-0.1, -0.05) is 18.9 Å². The SMILES string of the molecule is O=C(O)c1ccc2oc3cc(C(O)C4CCCC4)ccc3c(=O)c2c1. The zero-order chi connectivity index (χ0) is 17.6. The van der Waals surface area contributed by atoms with E-state index in [0.717, 1.165) is 31.2 Å². The topological polar surface area (TPSA) is 87.7 Å². The molecule has 25 heavy (non-hydrogen) atoms. The molecule has 0 spiro atoms. The number of aliphatic hydroxyl groups is 1. The fourth-order valence-corrected chi connectivity index (χ4v) is 3.73. The summed E-state index contributed by atoms with van der Waals surface area (Å²) in [5.74, 6) is -0.834. The van der Waals surface area contributed by atoms with Crippen LogP contribution in [0.1, 0.15) is 47.7 Å². The monoisotopic (exact) mass is 338 g/mol. The van der Waals surface area contributed by atoms with Crippen molar-refractivity contribution in [1.82, 2.24) is 0 Å². The van der Waals surface area contributed by atoms with E-state index in [2.05, 4.69) is 0 Å². The highest BCUT2D eigenvalue weighted by Crippen LogP contribution is 2.36. The maximum absolute atomic E-state index is 12.7. The van der Waals surface area contributed by atoms with E-state index in [9.17, 15) is 14.7 Å². The predicted molar refractivity (Wildman–Crippen MR) is 93.9 cm³/mol. The first-order chi connectivity index (χ1) is 12.0. The first-order valence-corrected chi connectivity index (χ1v) is 8.46. The number of rotatable bonds is 3. The van der Waals surface area contributed by atoms with Crippen molar-refractivity contribution in [3.05, 3.63) is 57.7 Å². The lowest BCUT2D eigenvalue weighted by Crippen LogP contribution is -2.10. The minimum absolute atomic E-state index is 0.0485. The van der Waals surface area contributed by atoms with Crippen LogP contribution in [0.15, 0.2) is 45.6 Å².